The van der Waals surface area contributed by atoms with E-state index in [0.717, 1.165) is 5.01 Å². The fourth-order valence-electron chi connectivity index (χ4n) is 1.80. The molecule has 1 aromatic carbocycles. The van der Waals surface area contributed by atoms with Gasteiger partial charge < -0.3 is 11.1 Å². The molecule has 2 aromatic rings. The molecule has 1 aromatic heterocycles. The van der Waals surface area contributed by atoms with E-state index in [-0.39, 0.29) is 22.9 Å². The highest BCUT2D eigenvalue weighted by molar-refractivity contribution is 7.91. The Morgan fingerprint density at radius 2 is 2.00 bits per heavy atom. The Hall–Kier alpha value is -1.48. The SMILES string of the molecule is NCCc1nc(C(=O)NCCS(=O)(=O)c2ccc(Cl)cc2)cs1. The van der Waals surface area contributed by atoms with E-state index in [1.165, 1.54) is 35.6 Å². The summed E-state index contributed by atoms with van der Waals surface area (Å²) in [5.74, 6) is -0.587. The van der Waals surface area contributed by atoms with E-state index >= 15 is 0 Å². The van der Waals surface area contributed by atoms with E-state index in [4.69, 9.17) is 17.3 Å². The van der Waals surface area contributed by atoms with Gasteiger partial charge in [-0.1, -0.05) is 11.6 Å². The molecule has 2 rings (SSSR count). The number of carbonyl (C=O) groups is 1. The van der Waals surface area contributed by atoms with Crippen LogP contribution in [-0.2, 0) is 16.3 Å². The monoisotopic (exact) mass is 373 g/mol. The lowest BCUT2D eigenvalue weighted by Gasteiger charge is -2.06. The predicted octanol–water partition coefficient (Wildman–Crippen LogP) is 1.50. The largest absolute Gasteiger partial charge is 0.350 e. The third-order valence-corrected chi connectivity index (χ3v) is 5.86. The van der Waals surface area contributed by atoms with Crippen molar-refractivity contribution in [3.05, 3.63) is 45.4 Å². The summed E-state index contributed by atoms with van der Waals surface area (Å²) >= 11 is 7.09. The third kappa shape index (κ3) is 5.00. The molecule has 0 radical (unpaired) electrons. The van der Waals surface area contributed by atoms with E-state index in [2.05, 4.69) is 10.3 Å². The zero-order valence-corrected chi connectivity index (χ0v) is 14.5. The third-order valence-electron chi connectivity index (χ3n) is 2.97. The van der Waals surface area contributed by atoms with Gasteiger partial charge in [0.1, 0.15) is 5.69 Å². The second kappa shape index (κ2) is 7.87. The van der Waals surface area contributed by atoms with Crippen molar-refractivity contribution in [2.24, 2.45) is 5.73 Å². The van der Waals surface area contributed by atoms with Crippen LogP contribution in [0.3, 0.4) is 0 Å². The van der Waals surface area contributed by atoms with Crippen molar-refractivity contribution in [2.75, 3.05) is 18.8 Å². The number of carbonyl (C=O) groups excluding carboxylic acids is 1. The molecule has 0 aliphatic rings. The lowest BCUT2D eigenvalue weighted by atomic mass is 10.4. The molecule has 0 spiro atoms. The Balaban J connectivity index is 1.90. The van der Waals surface area contributed by atoms with Crippen molar-refractivity contribution in [1.82, 2.24) is 10.3 Å². The number of nitrogens with one attached hydrogen (secondary N) is 1. The molecular formula is C14H16ClN3O3S2. The molecule has 124 valence electrons. The summed E-state index contributed by atoms with van der Waals surface area (Å²) in [5, 5.41) is 5.44. The maximum atomic E-state index is 12.1. The Bertz CT molecular complexity index is 773. The van der Waals surface area contributed by atoms with Crippen LogP contribution in [0.2, 0.25) is 5.02 Å². The number of amides is 1. The van der Waals surface area contributed by atoms with Crippen LogP contribution in [-0.4, -0.2) is 38.2 Å². The first-order valence-corrected chi connectivity index (χ1v) is 9.74. The lowest BCUT2D eigenvalue weighted by molar-refractivity contribution is 0.0951. The summed E-state index contributed by atoms with van der Waals surface area (Å²) in [5.41, 5.74) is 5.71. The van der Waals surface area contributed by atoms with Gasteiger partial charge in [0, 0.05) is 23.4 Å². The van der Waals surface area contributed by atoms with E-state index in [0.29, 0.717) is 18.0 Å². The molecule has 0 unspecified atom stereocenters. The zero-order valence-electron chi connectivity index (χ0n) is 12.2. The number of aromatic nitrogens is 1. The van der Waals surface area contributed by atoms with Gasteiger partial charge in [-0.2, -0.15) is 0 Å². The first-order chi connectivity index (χ1) is 10.9. The van der Waals surface area contributed by atoms with Crippen molar-refractivity contribution >= 4 is 38.7 Å². The highest BCUT2D eigenvalue weighted by Gasteiger charge is 2.16. The molecule has 23 heavy (non-hydrogen) atoms. The molecule has 1 amide bonds. The number of benzene rings is 1. The minimum absolute atomic E-state index is 0.00748. The summed E-state index contributed by atoms with van der Waals surface area (Å²) in [6.07, 6.45) is 0.614. The zero-order chi connectivity index (χ0) is 16.9. The molecule has 0 saturated heterocycles. The molecule has 0 bridgehead atoms. The Labute approximate surface area is 143 Å². The van der Waals surface area contributed by atoms with Crippen LogP contribution in [0.25, 0.3) is 0 Å². The number of halogens is 1. The summed E-state index contributed by atoms with van der Waals surface area (Å²) in [7, 11) is -3.47. The average Bonchev–Trinajstić information content (AvgIpc) is 2.96. The molecule has 0 saturated carbocycles. The number of nitrogens with two attached hydrogens (primary N) is 1. The Morgan fingerprint density at radius 1 is 1.30 bits per heavy atom. The fraction of sp³-hybridized carbons (Fsp3) is 0.286. The second-order valence-electron chi connectivity index (χ2n) is 4.69. The molecule has 0 aliphatic carbocycles. The predicted molar refractivity (Wildman–Crippen MR) is 90.7 cm³/mol. The van der Waals surface area contributed by atoms with Crippen LogP contribution >= 0.6 is 22.9 Å². The molecule has 0 fully saturated rings. The van der Waals surface area contributed by atoms with E-state index < -0.39 is 15.7 Å². The van der Waals surface area contributed by atoms with Gasteiger partial charge in [-0.05, 0) is 30.8 Å². The smallest absolute Gasteiger partial charge is 0.270 e. The number of hydrogen-bond donors (Lipinski definition) is 2. The minimum Gasteiger partial charge on any atom is -0.350 e. The van der Waals surface area contributed by atoms with Crippen molar-refractivity contribution in [2.45, 2.75) is 11.3 Å². The maximum Gasteiger partial charge on any atom is 0.270 e. The number of nitrogens with zero attached hydrogens (tertiary/aromatic N) is 1. The van der Waals surface area contributed by atoms with Crippen LogP contribution in [0.15, 0.2) is 34.5 Å². The summed E-state index contributed by atoms with van der Waals surface area (Å²) in [6.45, 7) is 0.474. The van der Waals surface area contributed by atoms with Gasteiger partial charge in [-0.25, -0.2) is 13.4 Å². The molecule has 3 N–H and O–H groups in total. The van der Waals surface area contributed by atoms with Crippen molar-refractivity contribution in [1.29, 1.82) is 0 Å². The Morgan fingerprint density at radius 3 is 2.65 bits per heavy atom. The van der Waals surface area contributed by atoms with Crippen LogP contribution in [0.1, 0.15) is 15.5 Å². The quantitative estimate of drug-likeness (QED) is 0.765. The summed E-state index contributed by atoms with van der Waals surface area (Å²) in [4.78, 5) is 16.2. The van der Waals surface area contributed by atoms with Gasteiger partial charge in [0.15, 0.2) is 9.84 Å². The number of hydrogen-bond acceptors (Lipinski definition) is 6. The van der Waals surface area contributed by atoms with Crippen LogP contribution in [0.4, 0.5) is 0 Å². The number of rotatable bonds is 7. The van der Waals surface area contributed by atoms with E-state index in [9.17, 15) is 13.2 Å². The van der Waals surface area contributed by atoms with Gasteiger partial charge in [0.2, 0.25) is 0 Å². The van der Waals surface area contributed by atoms with Crippen LogP contribution in [0.5, 0.6) is 0 Å². The van der Waals surface area contributed by atoms with Crippen molar-refractivity contribution < 1.29 is 13.2 Å². The first-order valence-electron chi connectivity index (χ1n) is 6.83. The highest BCUT2D eigenvalue weighted by Crippen LogP contribution is 2.15. The van der Waals surface area contributed by atoms with E-state index in [1.807, 2.05) is 0 Å². The molecule has 6 nitrogen and oxygen atoms in total. The molecule has 0 atom stereocenters. The van der Waals surface area contributed by atoms with Gasteiger partial charge in [-0.3, -0.25) is 4.79 Å². The number of sulfone groups is 1. The first kappa shape index (κ1) is 17.9. The average molecular weight is 374 g/mol. The van der Waals surface area contributed by atoms with Crippen molar-refractivity contribution in [3.63, 3.8) is 0 Å². The van der Waals surface area contributed by atoms with Gasteiger partial charge in [0.05, 0.1) is 15.7 Å². The van der Waals surface area contributed by atoms with E-state index in [1.54, 1.807) is 5.38 Å². The van der Waals surface area contributed by atoms with Gasteiger partial charge in [-0.15, -0.1) is 11.3 Å². The number of thiazole rings is 1. The molecule has 0 aliphatic heterocycles. The lowest BCUT2D eigenvalue weighted by Crippen LogP contribution is -2.29. The standard InChI is InChI=1S/C14H16ClN3O3S2/c15-10-1-3-11(4-2-10)23(20,21)8-7-17-14(19)12-9-22-13(18-12)5-6-16/h1-4,9H,5-8,16H2,(H,17,19). The fourth-order valence-corrected chi connectivity index (χ4v) is 3.88. The molecule has 9 heteroatoms. The second-order valence-corrected chi connectivity index (χ2v) is 8.18. The van der Waals surface area contributed by atoms with Crippen LogP contribution < -0.4 is 11.1 Å². The molecule has 1 heterocycles. The summed E-state index contributed by atoms with van der Waals surface area (Å²) < 4.78 is 24.3. The highest BCUT2D eigenvalue weighted by atomic mass is 35.5. The van der Waals surface area contributed by atoms with Gasteiger partial charge >= 0.3 is 0 Å². The molecular weight excluding hydrogens is 358 g/mol. The summed E-state index contributed by atoms with van der Waals surface area (Å²) in [6, 6.07) is 5.92. The van der Waals surface area contributed by atoms with Crippen LogP contribution in [0, 0.1) is 0 Å². The van der Waals surface area contributed by atoms with Gasteiger partial charge in [0.25, 0.3) is 5.91 Å². The Kier molecular flexibility index (Phi) is 6.11. The normalized spacial score (nSPS) is 11.4. The van der Waals surface area contributed by atoms with Crippen molar-refractivity contribution in [3.8, 4) is 0 Å². The minimum atomic E-state index is -3.47. The topological polar surface area (TPSA) is 102 Å². The maximum absolute atomic E-state index is 12.1.